The van der Waals surface area contributed by atoms with Crippen molar-refractivity contribution in [2.24, 2.45) is 11.3 Å². The Labute approximate surface area is 213 Å². The number of hydrogen-bond donors (Lipinski definition) is 0. The quantitative estimate of drug-likeness (QED) is 0.464. The normalized spacial score (nSPS) is 43.6. The van der Waals surface area contributed by atoms with Gasteiger partial charge in [0, 0.05) is 36.9 Å². The minimum absolute atomic E-state index is 0.111. The Bertz CT molecular complexity index is 1300. The van der Waals surface area contributed by atoms with Crippen molar-refractivity contribution < 1.29 is 9.13 Å². The lowest BCUT2D eigenvalue weighted by Gasteiger charge is -2.55. The van der Waals surface area contributed by atoms with E-state index < -0.39 is 6.17 Å². The molecule has 2 unspecified atom stereocenters. The standard InChI is InChI=1S/C32H37FN2O/c1-30-11-8-25-17-24-4-5-27(35-15-10-26(33)20-35)18-31(24)12-13-32(25,36-31)29(30)7-6-28(30)22-3-2-21-9-14-34-19-23(21)16-22/h2-3,8-9,14,16-17,19,26-29H,4-7,10-13,15,18,20H2,1H3/t26-,27?,28?,29-,30-,31-,32-/m1/s1. The third-order valence-corrected chi connectivity index (χ3v) is 11.4. The number of allylic oxidation sites excluding steroid dienone is 1. The molecule has 6 aliphatic rings. The van der Waals surface area contributed by atoms with Gasteiger partial charge in [-0.05, 0) is 109 Å². The van der Waals surface area contributed by atoms with Gasteiger partial charge >= 0.3 is 0 Å². The van der Waals surface area contributed by atoms with Gasteiger partial charge in [0.25, 0.3) is 0 Å². The van der Waals surface area contributed by atoms with Crippen LogP contribution >= 0.6 is 0 Å². The van der Waals surface area contributed by atoms with Crippen LogP contribution in [0, 0.1) is 11.3 Å². The fraction of sp³-hybridized carbons (Fsp3) is 0.594. The Morgan fingerprint density at radius 3 is 2.92 bits per heavy atom. The number of ether oxygens (including phenoxy) is 1. The number of nitrogens with zero attached hydrogens (tertiary/aromatic N) is 2. The molecule has 36 heavy (non-hydrogen) atoms. The average molecular weight is 485 g/mol. The molecule has 1 aromatic heterocycles. The van der Waals surface area contributed by atoms with Crippen molar-refractivity contribution in [1.29, 1.82) is 0 Å². The van der Waals surface area contributed by atoms with Gasteiger partial charge in [-0.15, -0.1) is 0 Å². The van der Waals surface area contributed by atoms with Crippen LogP contribution in [0.4, 0.5) is 4.39 Å². The van der Waals surface area contributed by atoms with Gasteiger partial charge in [0.2, 0.25) is 0 Å². The Kier molecular flexibility index (Phi) is 4.59. The maximum absolute atomic E-state index is 14.0. The Morgan fingerprint density at radius 1 is 1.08 bits per heavy atom. The smallest absolute Gasteiger partial charge is 0.114 e. The maximum Gasteiger partial charge on any atom is 0.114 e. The van der Waals surface area contributed by atoms with Crippen molar-refractivity contribution >= 4 is 10.8 Å². The summed E-state index contributed by atoms with van der Waals surface area (Å²) in [5.74, 6) is 1.11. The predicted octanol–water partition coefficient (Wildman–Crippen LogP) is 6.89. The third kappa shape index (κ3) is 2.89. The Hall–Kier alpha value is -2.04. The number of fused-ring (bicyclic) bond motifs is 2. The molecule has 1 aromatic carbocycles. The van der Waals surface area contributed by atoms with Gasteiger partial charge in [-0.2, -0.15) is 0 Å². The molecule has 188 valence electrons. The van der Waals surface area contributed by atoms with Crippen molar-refractivity contribution in [3.63, 3.8) is 0 Å². The number of hydrogen-bond acceptors (Lipinski definition) is 3. The number of pyridine rings is 1. The lowest BCUT2D eigenvalue weighted by Crippen LogP contribution is -2.55. The van der Waals surface area contributed by atoms with Gasteiger partial charge in [-0.1, -0.05) is 31.2 Å². The highest BCUT2D eigenvalue weighted by molar-refractivity contribution is 5.82. The highest BCUT2D eigenvalue weighted by Gasteiger charge is 2.66. The van der Waals surface area contributed by atoms with Crippen LogP contribution in [0.25, 0.3) is 10.8 Å². The van der Waals surface area contributed by atoms with Gasteiger partial charge in [0.05, 0.1) is 11.2 Å². The van der Waals surface area contributed by atoms with Crippen LogP contribution < -0.4 is 0 Å². The molecule has 3 aliphatic heterocycles. The van der Waals surface area contributed by atoms with Gasteiger partial charge < -0.3 is 4.74 Å². The molecule has 7 atom stereocenters. The van der Waals surface area contributed by atoms with Gasteiger partial charge in [-0.3, -0.25) is 9.88 Å². The lowest BCUT2D eigenvalue weighted by molar-refractivity contribution is -0.140. The number of likely N-dealkylation sites (tertiary alicyclic amines) is 1. The van der Waals surface area contributed by atoms with E-state index in [0.29, 0.717) is 30.8 Å². The minimum Gasteiger partial charge on any atom is -0.359 e. The zero-order valence-electron chi connectivity index (χ0n) is 21.4. The fourth-order valence-corrected chi connectivity index (χ4v) is 9.64. The van der Waals surface area contributed by atoms with E-state index in [1.807, 2.05) is 12.4 Å². The first kappa shape index (κ1) is 22.0. The highest BCUT2D eigenvalue weighted by atomic mass is 19.1. The third-order valence-electron chi connectivity index (χ3n) is 11.4. The first-order valence-electron chi connectivity index (χ1n) is 14.3. The summed E-state index contributed by atoms with van der Waals surface area (Å²) in [4.78, 5) is 6.81. The van der Waals surface area contributed by atoms with Crippen LogP contribution in [0.2, 0.25) is 0 Å². The summed E-state index contributed by atoms with van der Waals surface area (Å²) in [6, 6.07) is 9.63. The molecule has 4 fully saturated rings. The number of alkyl halides is 1. The van der Waals surface area contributed by atoms with E-state index >= 15 is 0 Å². The fourth-order valence-electron chi connectivity index (χ4n) is 9.64. The molecule has 0 amide bonds. The molecule has 8 rings (SSSR count). The van der Waals surface area contributed by atoms with Crippen molar-refractivity contribution in [1.82, 2.24) is 9.88 Å². The van der Waals surface area contributed by atoms with Crippen LogP contribution in [0.5, 0.6) is 0 Å². The van der Waals surface area contributed by atoms with E-state index in [0.717, 1.165) is 45.1 Å². The summed E-state index contributed by atoms with van der Waals surface area (Å²) >= 11 is 0. The lowest BCUT2D eigenvalue weighted by atomic mass is 9.58. The molecular formula is C32H37FN2O. The molecule has 3 nitrogen and oxygen atoms in total. The Balaban J connectivity index is 1.14. The minimum atomic E-state index is -0.642. The molecular weight excluding hydrogens is 447 g/mol. The molecule has 0 N–H and O–H groups in total. The molecule has 0 radical (unpaired) electrons. The van der Waals surface area contributed by atoms with Crippen LogP contribution in [0.15, 0.2) is 60.0 Å². The first-order valence-corrected chi connectivity index (χ1v) is 14.3. The van der Waals surface area contributed by atoms with Gasteiger partial charge in [0.1, 0.15) is 6.17 Å². The second kappa shape index (κ2) is 7.51. The SMILES string of the molecule is C[C@]12CC=C3C=C4CCC(N5CC[C@@H](F)C5)C[C@]45CC[C@]3(O5)[C@@H]1CCC2c1ccc2ccncc2c1. The van der Waals surface area contributed by atoms with E-state index in [1.54, 1.807) is 0 Å². The van der Waals surface area contributed by atoms with Crippen LogP contribution in [0.1, 0.15) is 76.2 Å². The van der Waals surface area contributed by atoms with E-state index in [-0.39, 0.29) is 16.6 Å². The molecule has 2 saturated heterocycles. The second-order valence-electron chi connectivity index (χ2n) is 13.0. The van der Waals surface area contributed by atoms with Crippen LogP contribution in [-0.4, -0.2) is 46.4 Å². The number of aromatic nitrogens is 1. The van der Waals surface area contributed by atoms with Gasteiger partial charge in [-0.25, -0.2) is 4.39 Å². The van der Waals surface area contributed by atoms with Gasteiger partial charge in [0.15, 0.2) is 0 Å². The summed E-state index contributed by atoms with van der Waals surface area (Å²) in [5, 5.41) is 2.52. The zero-order valence-corrected chi connectivity index (χ0v) is 21.4. The monoisotopic (exact) mass is 484 g/mol. The van der Waals surface area contributed by atoms with Crippen molar-refractivity contribution in [3.05, 3.63) is 65.5 Å². The Morgan fingerprint density at radius 2 is 2.03 bits per heavy atom. The average Bonchev–Trinajstić information content (AvgIpc) is 3.57. The largest absolute Gasteiger partial charge is 0.359 e. The first-order chi connectivity index (χ1) is 17.5. The predicted molar refractivity (Wildman–Crippen MR) is 141 cm³/mol. The van der Waals surface area contributed by atoms with Crippen molar-refractivity contribution in [2.45, 2.75) is 94.0 Å². The van der Waals surface area contributed by atoms with Crippen molar-refractivity contribution in [3.8, 4) is 0 Å². The van der Waals surface area contributed by atoms with E-state index in [9.17, 15) is 4.39 Å². The zero-order chi connectivity index (χ0) is 24.1. The second-order valence-corrected chi connectivity index (χ2v) is 13.0. The molecule has 4 heteroatoms. The van der Waals surface area contributed by atoms with E-state index in [2.05, 4.69) is 53.2 Å². The molecule has 4 heterocycles. The van der Waals surface area contributed by atoms with Crippen molar-refractivity contribution in [2.75, 3.05) is 13.1 Å². The van der Waals surface area contributed by atoms with Crippen LogP contribution in [0.3, 0.4) is 0 Å². The maximum atomic E-state index is 14.0. The summed E-state index contributed by atoms with van der Waals surface area (Å²) < 4.78 is 21.5. The highest BCUT2D eigenvalue weighted by Crippen LogP contribution is 2.69. The molecule has 2 saturated carbocycles. The summed E-state index contributed by atoms with van der Waals surface area (Å²) in [6.45, 7) is 4.09. The number of halogens is 1. The summed E-state index contributed by atoms with van der Waals surface area (Å²) in [5.41, 5.74) is 4.47. The molecule has 2 bridgehead atoms. The molecule has 3 aliphatic carbocycles. The number of benzene rings is 1. The number of rotatable bonds is 2. The molecule has 2 spiro atoms. The summed E-state index contributed by atoms with van der Waals surface area (Å²) in [6.07, 6.45) is 18.3. The van der Waals surface area contributed by atoms with E-state index in [4.69, 9.17) is 4.74 Å². The summed E-state index contributed by atoms with van der Waals surface area (Å²) in [7, 11) is 0. The van der Waals surface area contributed by atoms with Crippen LogP contribution in [-0.2, 0) is 4.74 Å². The molecule has 2 aromatic rings. The topological polar surface area (TPSA) is 25.4 Å². The van der Waals surface area contributed by atoms with E-state index in [1.165, 1.54) is 40.3 Å².